The molecule has 2 aliphatic heterocycles. The molecule has 1 fully saturated rings. The van der Waals surface area contributed by atoms with Gasteiger partial charge in [0.1, 0.15) is 17.1 Å². The maximum atomic E-state index is 12.5. The van der Waals surface area contributed by atoms with Crippen molar-refractivity contribution in [3.8, 4) is 17.2 Å². The Balaban J connectivity index is 1.30. The highest BCUT2D eigenvalue weighted by Gasteiger charge is 2.23. The first-order valence-electron chi connectivity index (χ1n) is 11.0. The number of fused-ring (bicyclic) bond motifs is 2. The number of rotatable bonds is 5. The van der Waals surface area contributed by atoms with Crippen LogP contribution in [0.5, 0.6) is 17.2 Å². The van der Waals surface area contributed by atoms with Gasteiger partial charge >= 0.3 is 0 Å². The Morgan fingerprint density at radius 3 is 2.75 bits per heavy atom. The summed E-state index contributed by atoms with van der Waals surface area (Å²) in [7, 11) is 0. The van der Waals surface area contributed by atoms with Crippen LogP contribution in [0.4, 0.5) is 11.5 Å². The van der Waals surface area contributed by atoms with Gasteiger partial charge in [-0.15, -0.1) is 0 Å². The molecule has 1 amide bonds. The number of benzene rings is 2. The van der Waals surface area contributed by atoms with E-state index in [-0.39, 0.29) is 19.3 Å². The minimum absolute atomic E-state index is 0.114. The van der Waals surface area contributed by atoms with Gasteiger partial charge < -0.3 is 24.4 Å². The highest BCUT2D eigenvalue weighted by atomic mass is 16.7. The number of aromatic nitrogens is 1. The van der Waals surface area contributed by atoms with Crippen LogP contribution in [0.15, 0.2) is 48.5 Å². The monoisotopic (exact) mass is 433 g/mol. The number of hydrogen-bond acceptors (Lipinski definition) is 6. The first kappa shape index (κ1) is 20.4. The third kappa shape index (κ3) is 4.28. The summed E-state index contributed by atoms with van der Waals surface area (Å²) in [5.74, 6) is 3.88. The summed E-state index contributed by atoms with van der Waals surface area (Å²) in [5, 5.41) is 3.82. The lowest BCUT2D eigenvalue weighted by molar-refractivity contribution is -0.118. The molecule has 1 saturated heterocycles. The Kier molecular flexibility index (Phi) is 5.47. The summed E-state index contributed by atoms with van der Waals surface area (Å²) in [5.41, 5.74) is 1.40. The van der Waals surface area contributed by atoms with Crippen molar-refractivity contribution in [3.63, 3.8) is 0 Å². The molecule has 0 spiro atoms. The highest BCUT2D eigenvalue weighted by Crippen LogP contribution is 2.34. The van der Waals surface area contributed by atoms with Crippen LogP contribution >= 0.6 is 0 Å². The van der Waals surface area contributed by atoms with Gasteiger partial charge in [0.05, 0.1) is 0 Å². The number of carbonyl (C=O) groups is 1. The van der Waals surface area contributed by atoms with Crippen molar-refractivity contribution < 1.29 is 19.0 Å². The molecule has 1 aromatic heterocycles. The van der Waals surface area contributed by atoms with E-state index >= 15 is 0 Å². The fourth-order valence-corrected chi connectivity index (χ4v) is 4.57. The molecule has 32 heavy (non-hydrogen) atoms. The minimum atomic E-state index is -0.254. The zero-order valence-corrected chi connectivity index (χ0v) is 18.3. The van der Waals surface area contributed by atoms with Crippen LogP contribution < -0.4 is 24.4 Å². The number of hydrogen-bond donors (Lipinski definition) is 1. The van der Waals surface area contributed by atoms with Gasteiger partial charge in [0.15, 0.2) is 18.1 Å². The van der Waals surface area contributed by atoms with Crippen LogP contribution in [0.3, 0.4) is 0 Å². The zero-order valence-electron chi connectivity index (χ0n) is 18.3. The lowest BCUT2D eigenvalue weighted by Crippen LogP contribution is -2.39. The fourth-order valence-electron chi connectivity index (χ4n) is 4.57. The van der Waals surface area contributed by atoms with Gasteiger partial charge in [0.2, 0.25) is 6.79 Å². The number of nitrogens with zero attached hydrogens (tertiary/aromatic N) is 2. The molecule has 7 heteroatoms. The summed E-state index contributed by atoms with van der Waals surface area (Å²) in [6.07, 6.45) is 1.25. The molecule has 0 bridgehead atoms. The molecule has 5 rings (SSSR count). The number of amides is 1. The van der Waals surface area contributed by atoms with Gasteiger partial charge in [-0.2, -0.15) is 0 Å². The lowest BCUT2D eigenvalue weighted by Gasteiger charge is -2.35. The maximum Gasteiger partial charge on any atom is 0.262 e. The largest absolute Gasteiger partial charge is 0.481 e. The molecule has 166 valence electrons. The maximum absolute atomic E-state index is 12.5. The van der Waals surface area contributed by atoms with Gasteiger partial charge in [-0.1, -0.05) is 26.0 Å². The smallest absolute Gasteiger partial charge is 0.262 e. The Labute approximate surface area is 187 Å². The van der Waals surface area contributed by atoms with E-state index in [1.165, 1.54) is 6.42 Å². The number of nitrogens with one attached hydrogen (secondary N) is 1. The second kappa shape index (κ2) is 8.57. The Morgan fingerprint density at radius 2 is 1.91 bits per heavy atom. The molecule has 2 atom stereocenters. The van der Waals surface area contributed by atoms with E-state index in [9.17, 15) is 4.79 Å². The summed E-state index contributed by atoms with van der Waals surface area (Å²) in [6, 6.07) is 15.2. The quantitative estimate of drug-likeness (QED) is 0.640. The zero-order chi connectivity index (χ0) is 22.1. The van der Waals surface area contributed by atoms with Crippen molar-refractivity contribution in [3.05, 3.63) is 48.5 Å². The van der Waals surface area contributed by atoms with Crippen LogP contribution in [-0.2, 0) is 4.79 Å². The lowest BCUT2D eigenvalue weighted by atomic mass is 9.92. The van der Waals surface area contributed by atoms with E-state index in [2.05, 4.69) is 36.2 Å². The summed E-state index contributed by atoms with van der Waals surface area (Å²) < 4.78 is 16.5. The van der Waals surface area contributed by atoms with Crippen LogP contribution in [-0.4, -0.2) is 37.4 Å². The second-order valence-corrected chi connectivity index (χ2v) is 8.75. The third-order valence-corrected chi connectivity index (χ3v) is 5.88. The van der Waals surface area contributed by atoms with Crippen molar-refractivity contribution in [1.29, 1.82) is 0 Å². The number of anilines is 2. The minimum Gasteiger partial charge on any atom is -0.481 e. The molecule has 0 saturated carbocycles. The van der Waals surface area contributed by atoms with Gasteiger partial charge in [0.25, 0.3) is 5.91 Å². The molecule has 2 aliphatic rings. The average molecular weight is 434 g/mol. The van der Waals surface area contributed by atoms with Gasteiger partial charge in [-0.25, -0.2) is 4.98 Å². The molecule has 1 N–H and O–H groups in total. The molecule has 3 aromatic rings. The van der Waals surface area contributed by atoms with Gasteiger partial charge in [-0.3, -0.25) is 4.79 Å². The molecule has 3 heterocycles. The van der Waals surface area contributed by atoms with Crippen molar-refractivity contribution >= 4 is 28.3 Å². The SMILES string of the molecule is CC1CC(C)CN(c2ccc3cccc(OCC(=O)Nc4ccc5c(c4)OCO5)c3n2)C1. The number of carbonyl (C=O) groups excluding carboxylic acids is 1. The first-order chi connectivity index (χ1) is 15.5. The molecule has 2 aromatic carbocycles. The van der Waals surface area contributed by atoms with E-state index in [1.807, 2.05) is 18.2 Å². The normalized spacial score (nSPS) is 19.8. The van der Waals surface area contributed by atoms with Crippen molar-refractivity contribution in [1.82, 2.24) is 4.98 Å². The van der Waals surface area contributed by atoms with Crippen LogP contribution in [0.25, 0.3) is 10.9 Å². The fraction of sp³-hybridized carbons (Fsp3) is 0.360. The van der Waals surface area contributed by atoms with E-state index in [4.69, 9.17) is 19.2 Å². The standard InChI is InChI=1S/C25H27N3O4/c1-16-10-17(2)13-28(12-16)23-9-6-18-4-3-5-21(25(18)27-23)30-14-24(29)26-19-7-8-20-22(11-19)32-15-31-20/h3-9,11,16-17H,10,12-15H2,1-2H3,(H,26,29). The van der Waals surface area contributed by atoms with Crippen molar-refractivity contribution in [2.45, 2.75) is 20.3 Å². The summed E-state index contributed by atoms with van der Waals surface area (Å²) in [6.45, 7) is 6.67. The number of ether oxygens (including phenoxy) is 3. The predicted octanol–water partition coefficient (Wildman–Crippen LogP) is 4.46. The molecule has 7 nitrogen and oxygen atoms in total. The topological polar surface area (TPSA) is 72.9 Å². The molecular weight excluding hydrogens is 406 g/mol. The van der Waals surface area contributed by atoms with Gasteiger partial charge in [0, 0.05) is 30.2 Å². The van der Waals surface area contributed by atoms with Crippen LogP contribution in [0, 0.1) is 11.8 Å². The Hall–Kier alpha value is -3.48. The molecule has 0 radical (unpaired) electrons. The summed E-state index contributed by atoms with van der Waals surface area (Å²) in [4.78, 5) is 19.7. The number of para-hydroxylation sites is 1. The third-order valence-electron chi connectivity index (χ3n) is 5.88. The second-order valence-electron chi connectivity index (χ2n) is 8.75. The van der Waals surface area contributed by atoms with Crippen LogP contribution in [0.2, 0.25) is 0 Å². The Bertz CT molecular complexity index is 1140. The van der Waals surface area contributed by atoms with Crippen molar-refractivity contribution in [2.24, 2.45) is 11.8 Å². The van der Waals surface area contributed by atoms with E-state index in [1.54, 1.807) is 18.2 Å². The average Bonchev–Trinajstić information content (AvgIpc) is 3.24. The first-order valence-corrected chi connectivity index (χ1v) is 11.0. The summed E-state index contributed by atoms with van der Waals surface area (Å²) >= 11 is 0. The van der Waals surface area contributed by atoms with E-state index < -0.39 is 0 Å². The van der Waals surface area contributed by atoms with Crippen LogP contribution in [0.1, 0.15) is 20.3 Å². The number of pyridine rings is 1. The van der Waals surface area contributed by atoms with E-state index in [0.29, 0.717) is 34.8 Å². The van der Waals surface area contributed by atoms with Gasteiger partial charge in [-0.05, 0) is 48.6 Å². The highest BCUT2D eigenvalue weighted by molar-refractivity contribution is 5.93. The Morgan fingerprint density at radius 1 is 1.09 bits per heavy atom. The van der Waals surface area contributed by atoms with E-state index in [0.717, 1.165) is 29.8 Å². The van der Waals surface area contributed by atoms with Crippen molar-refractivity contribution in [2.75, 3.05) is 36.7 Å². The number of piperidine rings is 1. The molecular formula is C25H27N3O4. The predicted molar refractivity (Wildman–Crippen MR) is 124 cm³/mol. The molecule has 2 unspecified atom stereocenters. The molecule has 0 aliphatic carbocycles.